The average molecular weight is 340 g/mol. The van der Waals surface area contributed by atoms with Gasteiger partial charge in [0.15, 0.2) is 5.78 Å². The van der Waals surface area contributed by atoms with Crippen LogP contribution in [0.15, 0.2) is 48.5 Å². The van der Waals surface area contributed by atoms with Gasteiger partial charge in [0.05, 0.1) is 24.2 Å². The Labute approximate surface area is 146 Å². The molecule has 6 nitrogen and oxygen atoms in total. The highest BCUT2D eigenvalue weighted by Gasteiger charge is 2.28. The third kappa shape index (κ3) is 3.53. The van der Waals surface area contributed by atoms with Gasteiger partial charge >= 0.3 is 0 Å². The largest absolute Gasteiger partial charge is 0.377 e. The van der Waals surface area contributed by atoms with Crippen molar-refractivity contribution in [3.8, 4) is 0 Å². The van der Waals surface area contributed by atoms with Crippen LogP contribution in [0.5, 0.6) is 0 Å². The van der Waals surface area contributed by atoms with Crippen LogP contribution in [0.4, 0.5) is 11.4 Å². The summed E-state index contributed by atoms with van der Waals surface area (Å²) < 4.78 is 5.48. The highest BCUT2D eigenvalue weighted by Crippen LogP contribution is 2.33. The van der Waals surface area contributed by atoms with Gasteiger partial charge in [-0.2, -0.15) is 0 Å². The predicted molar refractivity (Wildman–Crippen MR) is 95.2 cm³/mol. The number of nitro benzene ring substituents is 1. The fraction of sp³-hybridized carbons (Fsp3) is 0.316. The topological polar surface area (TPSA) is 72.7 Å². The molecule has 1 unspecified atom stereocenters. The van der Waals surface area contributed by atoms with Crippen LogP contribution in [0.1, 0.15) is 29.3 Å². The lowest BCUT2D eigenvalue weighted by atomic mass is 10.0. The molecule has 2 aromatic rings. The van der Waals surface area contributed by atoms with Crippen molar-refractivity contribution in [2.45, 2.75) is 19.4 Å². The van der Waals surface area contributed by atoms with Crippen LogP contribution < -0.4 is 4.90 Å². The molecule has 1 atom stereocenters. The zero-order valence-corrected chi connectivity index (χ0v) is 14.1. The van der Waals surface area contributed by atoms with Crippen LogP contribution in [-0.2, 0) is 4.74 Å². The number of rotatable bonds is 5. The minimum atomic E-state index is -0.417. The number of anilines is 1. The Bertz CT molecular complexity index is 776. The van der Waals surface area contributed by atoms with E-state index in [9.17, 15) is 14.9 Å². The van der Waals surface area contributed by atoms with Crippen molar-refractivity contribution in [3.63, 3.8) is 0 Å². The van der Waals surface area contributed by atoms with E-state index in [1.54, 1.807) is 36.4 Å². The van der Waals surface area contributed by atoms with Gasteiger partial charge in [-0.1, -0.05) is 37.3 Å². The van der Waals surface area contributed by atoms with E-state index in [0.29, 0.717) is 36.6 Å². The molecule has 1 aliphatic rings. The van der Waals surface area contributed by atoms with Crippen molar-refractivity contribution in [2.24, 2.45) is 0 Å². The average Bonchev–Trinajstić information content (AvgIpc) is 2.67. The van der Waals surface area contributed by atoms with Gasteiger partial charge in [0.25, 0.3) is 5.69 Å². The van der Waals surface area contributed by atoms with Gasteiger partial charge in [-0.15, -0.1) is 0 Å². The number of ketones is 1. The molecule has 1 fully saturated rings. The molecule has 6 heteroatoms. The summed E-state index contributed by atoms with van der Waals surface area (Å²) in [7, 11) is 0. The Kier molecular flexibility index (Phi) is 5.09. The summed E-state index contributed by atoms with van der Waals surface area (Å²) in [5, 5.41) is 11.6. The molecular formula is C19H20N2O4. The van der Waals surface area contributed by atoms with Gasteiger partial charge in [-0.25, -0.2) is 0 Å². The normalized spacial score (nSPS) is 17.3. The molecule has 0 aromatic heterocycles. The molecule has 3 rings (SSSR count). The number of nitro groups is 1. The minimum absolute atomic E-state index is 0.0397. The molecule has 0 radical (unpaired) electrons. The monoisotopic (exact) mass is 340 g/mol. The van der Waals surface area contributed by atoms with Crippen LogP contribution in [0.2, 0.25) is 0 Å². The molecule has 0 saturated carbocycles. The first kappa shape index (κ1) is 17.1. The molecule has 0 bridgehead atoms. The molecule has 25 heavy (non-hydrogen) atoms. The number of benzene rings is 2. The van der Waals surface area contributed by atoms with Gasteiger partial charge in [-0.3, -0.25) is 14.9 Å². The van der Waals surface area contributed by atoms with E-state index in [4.69, 9.17) is 4.74 Å². The Morgan fingerprint density at radius 2 is 2.00 bits per heavy atom. The molecule has 0 aliphatic carbocycles. The van der Waals surface area contributed by atoms with E-state index >= 15 is 0 Å². The van der Waals surface area contributed by atoms with Crippen LogP contribution in [-0.4, -0.2) is 36.5 Å². The van der Waals surface area contributed by atoms with Gasteiger partial charge in [0.2, 0.25) is 0 Å². The summed E-state index contributed by atoms with van der Waals surface area (Å²) in [5.41, 5.74) is 1.34. The Balaban J connectivity index is 1.99. The maximum Gasteiger partial charge on any atom is 0.293 e. The zero-order valence-electron chi connectivity index (χ0n) is 14.1. The Hall–Kier alpha value is -2.73. The number of nitrogens with zero attached hydrogens (tertiary/aromatic N) is 2. The number of carbonyl (C=O) groups is 1. The first-order chi connectivity index (χ1) is 12.1. The van der Waals surface area contributed by atoms with Crippen molar-refractivity contribution >= 4 is 17.2 Å². The van der Waals surface area contributed by atoms with Gasteiger partial charge < -0.3 is 9.64 Å². The number of hydrogen-bond acceptors (Lipinski definition) is 5. The van der Waals surface area contributed by atoms with Crippen LogP contribution in [0.25, 0.3) is 0 Å². The van der Waals surface area contributed by atoms with Crippen molar-refractivity contribution in [3.05, 3.63) is 69.8 Å². The fourth-order valence-corrected chi connectivity index (χ4v) is 3.12. The lowest BCUT2D eigenvalue weighted by Gasteiger charge is -2.36. The maximum absolute atomic E-state index is 12.6. The van der Waals surface area contributed by atoms with Gasteiger partial charge in [-0.05, 0) is 18.6 Å². The number of hydrogen-bond donors (Lipinski definition) is 0. The number of morpholine rings is 1. The standard InChI is InChI=1S/C19H20N2O4/c1-2-16-13-25-11-10-20(16)17-9-8-15(12-18(17)21(23)24)19(22)14-6-4-3-5-7-14/h3-9,12,16H,2,10-11,13H2,1H3. The van der Waals surface area contributed by atoms with Crippen molar-refractivity contribution in [1.82, 2.24) is 0 Å². The number of carbonyl (C=O) groups excluding carboxylic acids is 1. The second-order valence-electron chi connectivity index (χ2n) is 5.99. The Morgan fingerprint density at radius 1 is 1.24 bits per heavy atom. The summed E-state index contributed by atoms with van der Waals surface area (Å²) in [4.78, 5) is 25.8. The molecule has 0 spiro atoms. The van der Waals surface area contributed by atoms with Crippen molar-refractivity contribution in [2.75, 3.05) is 24.7 Å². The molecule has 1 saturated heterocycles. The summed E-state index contributed by atoms with van der Waals surface area (Å²) in [6, 6.07) is 13.6. The van der Waals surface area contributed by atoms with E-state index in [2.05, 4.69) is 0 Å². The van der Waals surface area contributed by atoms with Crippen molar-refractivity contribution < 1.29 is 14.5 Å². The van der Waals surface area contributed by atoms with E-state index in [1.807, 2.05) is 17.9 Å². The predicted octanol–water partition coefficient (Wildman–Crippen LogP) is 3.44. The van der Waals surface area contributed by atoms with E-state index < -0.39 is 4.92 Å². The molecule has 130 valence electrons. The smallest absolute Gasteiger partial charge is 0.293 e. The minimum Gasteiger partial charge on any atom is -0.377 e. The van der Waals surface area contributed by atoms with E-state index in [1.165, 1.54) is 6.07 Å². The summed E-state index contributed by atoms with van der Waals surface area (Å²) in [6.45, 7) is 3.73. The fourth-order valence-electron chi connectivity index (χ4n) is 3.12. The third-order valence-electron chi connectivity index (χ3n) is 4.48. The first-order valence-corrected chi connectivity index (χ1v) is 8.34. The molecule has 2 aromatic carbocycles. The summed E-state index contributed by atoms with van der Waals surface area (Å²) in [6.07, 6.45) is 0.835. The second kappa shape index (κ2) is 7.44. The quantitative estimate of drug-likeness (QED) is 0.473. The lowest BCUT2D eigenvalue weighted by molar-refractivity contribution is -0.384. The SMILES string of the molecule is CCC1COCCN1c1ccc(C(=O)c2ccccc2)cc1[N+](=O)[O-]. The third-order valence-corrected chi connectivity index (χ3v) is 4.48. The highest BCUT2D eigenvalue weighted by atomic mass is 16.6. The molecule has 0 amide bonds. The molecule has 1 aliphatic heterocycles. The van der Waals surface area contributed by atoms with Gasteiger partial charge in [0.1, 0.15) is 5.69 Å². The lowest BCUT2D eigenvalue weighted by Crippen LogP contribution is -2.45. The Morgan fingerprint density at radius 3 is 2.68 bits per heavy atom. The summed E-state index contributed by atoms with van der Waals surface area (Å²) >= 11 is 0. The van der Waals surface area contributed by atoms with Crippen LogP contribution in [0, 0.1) is 10.1 Å². The van der Waals surface area contributed by atoms with Crippen LogP contribution >= 0.6 is 0 Å². The zero-order chi connectivity index (χ0) is 17.8. The molecule has 0 N–H and O–H groups in total. The summed E-state index contributed by atoms with van der Waals surface area (Å²) in [5.74, 6) is -0.218. The molecular weight excluding hydrogens is 320 g/mol. The highest BCUT2D eigenvalue weighted by molar-refractivity contribution is 6.09. The maximum atomic E-state index is 12.6. The molecule has 1 heterocycles. The first-order valence-electron chi connectivity index (χ1n) is 8.34. The van der Waals surface area contributed by atoms with E-state index in [-0.39, 0.29) is 17.5 Å². The van der Waals surface area contributed by atoms with Gasteiger partial charge in [0, 0.05) is 23.7 Å². The van der Waals surface area contributed by atoms with E-state index in [0.717, 1.165) is 6.42 Å². The second-order valence-corrected chi connectivity index (χ2v) is 5.99. The van der Waals surface area contributed by atoms with Crippen LogP contribution in [0.3, 0.4) is 0 Å². The van der Waals surface area contributed by atoms with Crippen molar-refractivity contribution in [1.29, 1.82) is 0 Å². The number of ether oxygens (including phenoxy) is 1.